The first-order chi connectivity index (χ1) is 8.22. The Morgan fingerprint density at radius 2 is 2.06 bits per heavy atom. The summed E-state index contributed by atoms with van der Waals surface area (Å²) in [4.78, 5) is 11.6. The summed E-state index contributed by atoms with van der Waals surface area (Å²) < 4.78 is 0. The van der Waals surface area contributed by atoms with Crippen LogP contribution in [0.2, 0.25) is 0 Å². The molecule has 3 heteroatoms. The smallest absolute Gasteiger partial charge is 0.224 e. The van der Waals surface area contributed by atoms with Crippen molar-refractivity contribution in [3.05, 3.63) is 35.4 Å². The van der Waals surface area contributed by atoms with Crippen molar-refractivity contribution in [2.75, 3.05) is 19.6 Å². The highest BCUT2D eigenvalue weighted by Crippen LogP contribution is 2.04. The van der Waals surface area contributed by atoms with Crippen LogP contribution in [0.3, 0.4) is 0 Å². The highest BCUT2D eigenvalue weighted by atomic mass is 16.1. The lowest BCUT2D eigenvalue weighted by Gasteiger charge is -2.06. The van der Waals surface area contributed by atoms with Crippen molar-refractivity contribution in [3.8, 4) is 0 Å². The van der Waals surface area contributed by atoms with E-state index in [4.69, 9.17) is 0 Å². The van der Waals surface area contributed by atoms with Gasteiger partial charge in [-0.15, -0.1) is 0 Å². The number of rotatable bonds is 7. The Hall–Kier alpha value is -1.35. The zero-order valence-electron chi connectivity index (χ0n) is 10.8. The molecular formula is C14H22N2O. The fourth-order valence-electron chi connectivity index (χ4n) is 1.66. The van der Waals surface area contributed by atoms with Crippen molar-refractivity contribution in [2.45, 2.75) is 26.7 Å². The summed E-state index contributed by atoms with van der Waals surface area (Å²) >= 11 is 0. The van der Waals surface area contributed by atoms with Crippen LogP contribution in [0.4, 0.5) is 0 Å². The molecule has 0 aromatic heterocycles. The van der Waals surface area contributed by atoms with Crippen LogP contribution >= 0.6 is 0 Å². The first-order valence-electron chi connectivity index (χ1n) is 6.25. The molecule has 0 spiro atoms. The van der Waals surface area contributed by atoms with Gasteiger partial charge in [0.2, 0.25) is 5.91 Å². The summed E-state index contributed by atoms with van der Waals surface area (Å²) in [6.07, 6.45) is 1.59. The molecule has 2 N–H and O–H groups in total. The highest BCUT2D eigenvalue weighted by molar-refractivity contribution is 5.78. The molecule has 0 radical (unpaired) electrons. The van der Waals surface area contributed by atoms with Crippen LogP contribution in [-0.2, 0) is 11.2 Å². The first-order valence-corrected chi connectivity index (χ1v) is 6.25. The number of hydrogen-bond acceptors (Lipinski definition) is 2. The molecule has 0 atom stereocenters. The van der Waals surface area contributed by atoms with E-state index in [0.29, 0.717) is 13.0 Å². The largest absolute Gasteiger partial charge is 0.355 e. The maximum absolute atomic E-state index is 11.6. The molecule has 17 heavy (non-hydrogen) atoms. The van der Waals surface area contributed by atoms with E-state index in [-0.39, 0.29) is 5.91 Å². The normalized spacial score (nSPS) is 10.2. The average molecular weight is 234 g/mol. The summed E-state index contributed by atoms with van der Waals surface area (Å²) in [5, 5.41) is 6.16. The molecule has 3 nitrogen and oxygen atoms in total. The molecule has 1 aromatic carbocycles. The van der Waals surface area contributed by atoms with Gasteiger partial charge in [0, 0.05) is 13.1 Å². The van der Waals surface area contributed by atoms with Crippen LogP contribution < -0.4 is 10.6 Å². The van der Waals surface area contributed by atoms with E-state index in [1.165, 1.54) is 5.56 Å². The minimum atomic E-state index is 0.0916. The number of carbonyl (C=O) groups excluding carboxylic acids is 1. The molecule has 1 rings (SSSR count). The van der Waals surface area contributed by atoms with Gasteiger partial charge >= 0.3 is 0 Å². The minimum absolute atomic E-state index is 0.0916. The van der Waals surface area contributed by atoms with E-state index in [2.05, 4.69) is 23.6 Å². The van der Waals surface area contributed by atoms with Gasteiger partial charge in [-0.25, -0.2) is 0 Å². The van der Waals surface area contributed by atoms with Crippen LogP contribution in [0.25, 0.3) is 0 Å². The second kappa shape index (κ2) is 7.85. The molecule has 1 amide bonds. The SMILES string of the molecule is CCCNCCNC(=O)Cc1cccc(C)c1. The van der Waals surface area contributed by atoms with Crippen molar-refractivity contribution < 1.29 is 4.79 Å². The predicted octanol–water partition coefficient (Wildman–Crippen LogP) is 1.65. The molecule has 1 aromatic rings. The van der Waals surface area contributed by atoms with Gasteiger partial charge in [0.05, 0.1) is 6.42 Å². The van der Waals surface area contributed by atoms with Gasteiger partial charge in [0.25, 0.3) is 0 Å². The van der Waals surface area contributed by atoms with E-state index in [9.17, 15) is 4.79 Å². The van der Waals surface area contributed by atoms with Gasteiger partial charge in [-0.1, -0.05) is 36.8 Å². The van der Waals surface area contributed by atoms with Crippen molar-refractivity contribution in [1.82, 2.24) is 10.6 Å². The quantitative estimate of drug-likeness (QED) is 0.704. The lowest BCUT2D eigenvalue weighted by molar-refractivity contribution is -0.120. The number of nitrogens with one attached hydrogen (secondary N) is 2. The Morgan fingerprint density at radius 1 is 1.24 bits per heavy atom. The molecular weight excluding hydrogens is 212 g/mol. The van der Waals surface area contributed by atoms with Crippen molar-refractivity contribution in [3.63, 3.8) is 0 Å². The van der Waals surface area contributed by atoms with Gasteiger partial charge < -0.3 is 10.6 Å². The summed E-state index contributed by atoms with van der Waals surface area (Å²) in [6, 6.07) is 8.06. The lowest BCUT2D eigenvalue weighted by Crippen LogP contribution is -2.32. The Kier molecular flexibility index (Phi) is 6.33. The summed E-state index contributed by atoms with van der Waals surface area (Å²) in [7, 11) is 0. The molecule has 0 bridgehead atoms. The monoisotopic (exact) mass is 234 g/mol. The third kappa shape index (κ3) is 6.07. The fourth-order valence-corrected chi connectivity index (χ4v) is 1.66. The van der Waals surface area contributed by atoms with E-state index in [0.717, 1.165) is 25.1 Å². The van der Waals surface area contributed by atoms with Crippen LogP contribution in [-0.4, -0.2) is 25.5 Å². The van der Waals surface area contributed by atoms with Gasteiger partial charge in [-0.3, -0.25) is 4.79 Å². The lowest BCUT2D eigenvalue weighted by atomic mass is 10.1. The van der Waals surface area contributed by atoms with E-state index >= 15 is 0 Å². The van der Waals surface area contributed by atoms with Crippen molar-refractivity contribution in [1.29, 1.82) is 0 Å². The Bertz CT molecular complexity index is 350. The summed E-state index contributed by atoms with van der Waals surface area (Å²) in [6.45, 7) is 6.71. The molecule has 0 aliphatic rings. The first kappa shape index (κ1) is 13.7. The zero-order valence-corrected chi connectivity index (χ0v) is 10.8. The number of benzene rings is 1. The molecule has 0 heterocycles. The minimum Gasteiger partial charge on any atom is -0.355 e. The zero-order chi connectivity index (χ0) is 12.5. The molecule has 0 saturated heterocycles. The number of carbonyl (C=O) groups is 1. The highest BCUT2D eigenvalue weighted by Gasteiger charge is 2.02. The molecule has 0 aliphatic heterocycles. The molecule has 94 valence electrons. The third-order valence-corrected chi connectivity index (χ3v) is 2.50. The topological polar surface area (TPSA) is 41.1 Å². The molecule has 0 aliphatic carbocycles. The number of aryl methyl sites for hydroxylation is 1. The predicted molar refractivity (Wildman–Crippen MR) is 71.1 cm³/mol. The maximum Gasteiger partial charge on any atom is 0.224 e. The van der Waals surface area contributed by atoms with E-state index < -0.39 is 0 Å². The number of hydrogen-bond donors (Lipinski definition) is 2. The Labute approximate surface area is 104 Å². The van der Waals surface area contributed by atoms with Gasteiger partial charge in [-0.2, -0.15) is 0 Å². The second-order valence-corrected chi connectivity index (χ2v) is 4.27. The maximum atomic E-state index is 11.6. The second-order valence-electron chi connectivity index (χ2n) is 4.27. The van der Waals surface area contributed by atoms with Crippen molar-refractivity contribution >= 4 is 5.91 Å². The van der Waals surface area contributed by atoms with Gasteiger partial charge in [0.15, 0.2) is 0 Å². The van der Waals surface area contributed by atoms with Crippen LogP contribution in [0.1, 0.15) is 24.5 Å². The average Bonchev–Trinajstić information content (AvgIpc) is 2.29. The molecule has 0 fully saturated rings. The fraction of sp³-hybridized carbons (Fsp3) is 0.500. The van der Waals surface area contributed by atoms with Crippen LogP contribution in [0.15, 0.2) is 24.3 Å². The molecule has 0 unspecified atom stereocenters. The van der Waals surface area contributed by atoms with Crippen LogP contribution in [0.5, 0.6) is 0 Å². The van der Waals surface area contributed by atoms with E-state index in [1.807, 2.05) is 25.1 Å². The van der Waals surface area contributed by atoms with E-state index in [1.54, 1.807) is 0 Å². The molecule has 0 saturated carbocycles. The van der Waals surface area contributed by atoms with Crippen molar-refractivity contribution in [2.24, 2.45) is 0 Å². The summed E-state index contributed by atoms with van der Waals surface area (Å²) in [5.74, 6) is 0.0916. The Balaban J connectivity index is 2.21. The third-order valence-electron chi connectivity index (χ3n) is 2.50. The van der Waals surface area contributed by atoms with Crippen LogP contribution in [0, 0.1) is 6.92 Å². The van der Waals surface area contributed by atoms with Gasteiger partial charge in [-0.05, 0) is 25.5 Å². The number of amides is 1. The Morgan fingerprint density at radius 3 is 2.76 bits per heavy atom. The summed E-state index contributed by atoms with van der Waals surface area (Å²) in [5.41, 5.74) is 2.27. The standard InChI is InChI=1S/C14H22N2O/c1-3-7-15-8-9-16-14(17)11-13-6-4-5-12(2)10-13/h4-6,10,15H,3,7-9,11H2,1-2H3,(H,16,17). The van der Waals surface area contributed by atoms with Gasteiger partial charge in [0.1, 0.15) is 0 Å².